The van der Waals surface area contributed by atoms with Gasteiger partial charge in [-0.3, -0.25) is 4.79 Å². The van der Waals surface area contributed by atoms with Gasteiger partial charge in [0.1, 0.15) is 5.82 Å². The number of morpholine rings is 1. The Morgan fingerprint density at radius 2 is 1.94 bits per heavy atom. The molecule has 1 amide bonds. The molecule has 0 bridgehead atoms. The van der Waals surface area contributed by atoms with Crippen molar-refractivity contribution in [2.45, 2.75) is 37.6 Å². The molecular weight excluding hydrogens is 404 g/mol. The van der Waals surface area contributed by atoms with E-state index < -0.39 is 0 Å². The van der Waals surface area contributed by atoms with Crippen LogP contribution in [0.25, 0.3) is 22.8 Å². The van der Waals surface area contributed by atoms with E-state index in [1.54, 1.807) is 0 Å². The molecule has 2 fully saturated rings. The summed E-state index contributed by atoms with van der Waals surface area (Å²) in [4.78, 5) is 32.9. The van der Waals surface area contributed by atoms with Gasteiger partial charge in [-0.25, -0.2) is 15.0 Å². The second kappa shape index (κ2) is 6.62. The van der Waals surface area contributed by atoms with E-state index >= 15 is 0 Å². The Bertz CT molecular complexity index is 1240. The molecule has 0 radical (unpaired) electrons. The van der Waals surface area contributed by atoms with Crippen LogP contribution in [0.4, 0.5) is 5.82 Å². The SMILES string of the molecule is O=C1NC2(CC2)Cc2[nH]c3c(c21)CCc1cnc(-c2ccc(N4CCOCC4)nc2)nc1-3. The van der Waals surface area contributed by atoms with Crippen molar-refractivity contribution in [1.29, 1.82) is 0 Å². The van der Waals surface area contributed by atoms with Crippen LogP contribution >= 0.6 is 0 Å². The van der Waals surface area contributed by atoms with Crippen LogP contribution < -0.4 is 10.2 Å². The number of aromatic nitrogens is 4. The van der Waals surface area contributed by atoms with Crippen LogP contribution in [0.2, 0.25) is 0 Å². The molecular formula is C24H24N6O2. The maximum atomic E-state index is 12.9. The van der Waals surface area contributed by atoms with Crippen LogP contribution in [0.15, 0.2) is 24.5 Å². The van der Waals surface area contributed by atoms with Gasteiger partial charge in [0.25, 0.3) is 5.91 Å². The number of carbonyl (C=O) groups is 1. The van der Waals surface area contributed by atoms with Crippen LogP contribution in [0, 0.1) is 0 Å². The minimum Gasteiger partial charge on any atom is -0.378 e. The molecule has 1 saturated heterocycles. The number of aryl methyl sites for hydroxylation is 1. The fourth-order valence-corrected chi connectivity index (χ4v) is 5.30. The highest BCUT2D eigenvalue weighted by molar-refractivity contribution is 6.01. The monoisotopic (exact) mass is 428 g/mol. The maximum Gasteiger partial charge on any atom is 0.253 e. The fraction of sp³-hybridized carbons (Fsp3) is 0.417. The van der Waals surface area contributed by atoms with Crippen molar-refractivity contribution in [2.24, 2.45) is 0 Å². The van der Waals surface area contributed by atoms with Crippen molar-refractivity contribution >= 4 is 11.7 Å². The van der Waals surface area contributed by atoms with E-state index in [1.165, 1.54) is 0 Å². The Morgan fingerprint density at radius 1 is 1.06 bits per heavy atom. The highest BCUT2D eigenvalue weighted by atomic mass is 16.5. The standard InChI is InChI=1S/C24H24N6O2/c31-23-19-16-3-1-14-12-26-22(15-2-4-18(25-13-15)30-7-9-32-10-8-30)28-20(14)21(16)27-17(19)11-24(29-23)5-6-24/h2,4,12-13,27H,1,3,5-11H2,(H,29,31). The van der Waals surface area contributed by atoms with Gasteiger partial charge >= 0.3 is 0 Å². The minimum atomic E-state index is -0.00884. The molecule has 7 rings (SSSR count). The van der Waals surface area contributed by atoms with Crippen LogP contribution in [0.5, 0.6) is 0 Å². The predicted molar refractivity (Wildman–Crippen MR) is 119 cm³/mol. The average molecular weight is 428 g/mol. The van der Waals surface area contributed by atoms with Crippen molar-refractivity contribution in [1.82, 2.24) is 25.3 Å². The fourth-order valence-electron chi connectivity index (χ4n) is 5.30. The maximum absolute atomic E-state index is 12.9. The Labute approximate surface area is 185 Å². The Balaban J connectivity index is 1.25. The normalized spacial score (nSPS) is 20.4. The van der Waals surface area contributed by atoms with E-state index in [0.717, 1.165) is 104 Å². The number of hydrogen-bond donors (Lipinski definition) is 2. The number of anilines is 1. The smallest absolute Gasteiger partial charge is 0.253 e. The minimum absolute atomic E-state index is 0.00884. The highest BCUT2D eigenvalue weighted by Gasteiger charge is 2.49. The molecule has 2 aliphatic heterocycles. The second-order valence-electron chi connectivity index (χ2n) is 9.32. The molecule has 0 aromatic carbocycles. The van der Waals surface area contributed by atoms with E-state index in [2.05, 4.69) is 25.2 Å². The zero-order chi connectivity index (χ0) is 21.3. The number of fused-ring (bicyclic) bond motifs is 5. The molecule has 32 heavy (non-hydrogen) atoms. The molecule has 8 heteroatoms. The first kappa shape index (κ1) is 18.3. The molecule has 162 valence electrons. The van der Waals surface area contributed by atoms with E-state index in [4.69, 9.17) is 9.72 Å². The number of aromatic amines is 1. The van der Waals surface area contributed by atoms with Crippen molar-refractivity contribution in [3.63, 3.8) is 0 Å². The lowest BCUT2D eigenvalue weighted by atomic mass is 9.89. The quantitative estimate of drug-likeness (QED) is 0.650. The summed E-state index contributed by atoms with van der Waals surface area (Å²) >= 11 is 0. The van der Waals surface area contributed by atoms with Gasteiger partial charge in [-0.05, 0) is 48.9 Å². The van der Waals surface area contributed by atoms with Gasteiger partial charge in [-0.2, -0.15) is 0 Å². The number of hydrogen-bond acceptors (Lipinski definition) is 6. The number of nitrogens with zero attached hydrogens (tertiary/aromatic N) is 4. The number of nitrogens with one attached hydrogen (secondary N) is 2. The zero-order valence-corrected chi connectivity index (χ0v) is 17.8. The largest absolute Gasteiger partial charge is 0.378 e. The van der Waals surface area contributed by atoms with Crippen molar-refractivity contribution < 1.29 is 9.53 Å². The third-order valence-corrected chi connectivity index (χ3v) is 7.24. The third kappa shape index (κ3) is 2.79. The number of amides is 1. The predicted octanol–water partition coefficient (Wildman–Crippen LogP) is 2.29. The summed E-state index contributed by atoms with van der Waals surface area (Å²) in [5.74, 6) is 1.68. The molecule has 4 aliphatic rings. The van der Waals surface area contributed by atoms with Crippen molar-refractivity contribution in [3.05, 3.63) is 46.9 Å². The van der Waals surface area contributed by atoms with Crippen molar-refractivity contribution in [2.75, 3.05) is 31.2 Å². The molecule has 0 atom stereocenters. The van der Waals surface area contributed by atoms with E-state index in [0.29, 0.717) is 5.82 Å². The van der Waals surface area contributed by atoms with E-state index in [-0.39, 0.29) is 11.4 Å². The summed E-state index contributed by atoms with van der Waals surface area (Å²) in [5.41, 5.74) is 6.94. The number of H-pyrrole nitrogens is 1. The molecule has 2 aliphatic carbocycles. The van der Waals surface area contributed by atoms with Gasteiger partial charge in [0.05, 0.1) is 30.2 Å². The third-order valence-electron chi connectivity index (χ3n) is 7.24. The van der Waals surface area contributed by atoms with Gasteiger partial charge in [0.15, 0.2) is 5.82 Å². The number of ether oxygens (including phenoxy) is 1. The topological polar surface area (TPSA) is 96.0 Å². The molecule has 3 aromatic rings. The molecule has 3 aromatic heterocycles. The number of carbonyl (C=O) groups excluding carboxylic acids is 1. The molecule has 1 spiro atoms. The van der Waals surface area contributed by atoms with Gasteiger partial charge in [0, 0.05) is 48.7 Å². The van der Waals surface area contributed by atoms with Gasteiger partial charge in [0.2, 0.25) is 0 Å². The van der Waals surface area contributed by atoms with Gasteiger partial charge < -0.3 is 19.9 Å². The van der Waals surface area contributed by atoms with Crippen LogP contribution in [0.3, 0.4) is 0 Å². The van der Waals surface area contributed by atoms with E-state index in [1.807, 2.05) is 24.5 Å². The highest BCUT2D eigenvalue weighted by Crippen LogP contribution is 2.45. The summed E-state index contributed by atoms with van der Waals surface area (Å²) in [6, 6.07) is 4.06. The first-order valence-electron chi connectivity index (χ1n) is 11.4. The first-order valence-corrected chi connectivity index (χ1v) is 11.4. The molecule has 8 nitrogen and oxygen atoms in total. The summed E-state index contributed by atoms with van der Waals surface area (Å²) in [5, 5.41) is 3.24. The van der Waals surface area contributed by atoms with Crippen LogP contribution in [-0.4, -0.2) is 57.7 Å². The van der Waals surface area contributed by atoms with Gasteiger partial charge in [-0.15, -0.1) is 0 Å². The molecule has 1 saturated carbocycles. The van der Waals surface area contributed by atoms with Crippen molar-refractivity contribution in [3.8, 4) is 22.8 Å². The van der Waals surface area contributed by atoms with E-state index in [9.17, 15) is 4.79 Å². The van der Waals surface area contributed by atoms with Gasteiger partial charge in [-0.1, -0.05) is 0 Å². The summed E-state index contributed by atoms with van der Waals surface area (Å²) in [7, 11) is 0. The summed E-state index contributed by atoms with van der Waals surface area (Å²) in [6.07, 6.45) is 8.49. The Hall–Kier alpha value is -3.26. The number of rotatable bonds is 2. The van der Waals surface area contributed by atoms with Crippen LogP contribution in [0.1, 0.15) is 40.0 Å². The average Bonchev–Trinajstić information content (AvgIpc) is 3.45. The molecule has 0 unspecified atom stereocenters. The summed E-state index contributed by atoms with van der Waals surface area (Å²) in [6.45, 7) is 3.19. The Morgan fingerprint density at radius 3 is 2.72 bits per heavy atom. The Kier molecular flexibility index (Phi) is 3.79. The lowest BCUT2D eigenvalue weighted by Crippen LogP contribution is -2.43. The molecule has 2 N–H and O–H groups in total. The number of pyridine rings is 1. The zero-order valence-electron chi connectivity index (χ0n) is 17.8. The summed E-state index contributed by atoms with van der Waals surface area (Å²) < 4.78 is 5.43. The lowest BCUT2D eigenvalue weighted by molar-refractivity contribution is 0.0917. The van der Waals surface area contributed by atoms with Crippen LogP contribution in [-0.2, 0) is 24.0 Å². The second-order valence-corrected chi connectivity index (χ2v) is 9.32. The molecule has 5 heterocycles. The first-order chi connectivity index (χ1) is 15.7. The lowest BCUT2D eigenvalue weighted by Gasteiger charge is -2.27.